The van der Waals surface area contributed by atoms with E-state index in [4.69, 9.17) is 11.6 Å². The summed E-state index contributed by atoms with van der Waals surface area (Å²) in [5, 5.41) is 2.09. The zero-order valence-electron chi connectivity index (χ0n) is 10.3. The second-order valence-electron chi connectivity index (χ2n) is 4.42. The Morgan fingerprint density at radius 2 is 1.95 bits per heavy atom. The van der Waals surface area contributed by atoms with E-state index in [2.05, 4.69) is 0 Å². The first-order chi connectivity index (χ1) is 9.63. The molecule has 0 bridgehead atoms. The molecular formula is C12H9ClF5NOS. The molecule has 21 heavy (non-hydrogen) atoms. The lowest BCUT2D eigenvalue weighted by molar-refractivity contribution is -0.270. The predicted molar refractivity (Wildman–Crippen MR) is 68.7 cm³/mol. The van der Waals surface area contributed by atoms with Crippen LogP contribution in [0.3, 0.4) is 0 Å². The zero-order valence-corrected chi connectivity index (χ0v) is 11.9. The van der Waals surface area contributed by atoms with Gasteiger partial charge in [-0.05, 0) is 30.2 Å². The number of thioether (sulfide) groups is 1. The van der Waals surface area contributed by atoms with Gasteiger partial charge in [0.15, 0.2) is 0 Å². The van der Waals surface area contributed by atoms with E-state index in [-0.39, 0.29) is 6.42 Å². The Morgan fingerprint density at radius 3 is 2.57 bits per heavy atom. The molecule has 0 saturated heterocycles. The second-order valence-corrected chi connectivity index (χ2v) is 5.99. The van der Waals surface area contributed by atoms with Crippen LogP contribution in [0.2, 0.25) is 5.02 Å². The van der Waals surface area contributed by atoms with Crippen LogP contribution in [0.5, 0.6) is 0 Å². The summed E-state index contributed by atoms with van der Waals surface area (Å²) in [7, 11) is 0. The number of carbonyl (C=O) groups is 1. The minimum absolute atomic E-state index is 0.248. The number of fused-ring (bicyclic) bond motifs is 1. The molecular weight excluding hydrogens is 337 g/mol. The van der Waals surface area contributed by atoms with E-state index < -0.39 is 24.0 Å². The first-order valence-corrected chi connectivity index (χ1v) is 7.17. The molecule has 2 rings (SSSR count). The molecule has 1 atom stereocenters. The summed E-state index contributed by atoms with van der Waals surface area (Å²) in [6.07, 6.45) is -5.67. The van der Waals surface area contributed by atoms with Gasteiger partial charge in [-0.1, -0.05) is 11.6 Å². The average Bonchev–Trinajstić information content (AvgIpc) is 2.38. The molecule has 116 valence electrons. The first kappa shape index (κ1) is 16.4. The number of carbonyl (C=O) groups excluding carboxylic acids is 1. The number of alkyl halides is 5. The lowest BCUT2D eigenvalue weighted by Gasteiger charge is -2.28. The van der Waals surface area contributed by atoms with Gasteiger partial charge < -0.3 is 5.32 Å². The van der Waals surface area contributed by atoms with E-state index in [0.29, 0.717) is 21.2 Å². The fraction of sp³-hybridized carbons (Fsp3) is 0.417. The predicted octanol–water partition coefficient (Wildman–Crippen LogP) is 4.19. The minimum Gasteiger partial charge on any atom is -0.344 e. The fourth-order valence-electron chi connectivity index (χ4n) is 1.89. The van der Waals surface area contributed by atoms with Crippen molar-refractivity contribution in [2.45, 2.75) is 29.5 Å². The number of hydrogen-bond acceptors (Lipinski definition) is 2. The van der Waals surface area contributed by atoms with E-state index in [1.165, 1.54) is 17.8 Å². The van der Waals surface area contributed by atoms with E-state index >= 15 is 0 Å². The van der Waals surface area contributed by atoms with Crippen molar-refractivity contribution >= 4 is 29.3 Å². The molecule has 2 nitrogen and oxygen atoms in total. The number of rotatable bonds is 2. The summed E-state index contributed by atoms with van der Waals surface area (Å²) < 4.78 is 62.4. The molecule has 1 aromatic carbocycles. The van der Waals surface area contributed by atoms with Crippen molar-refractivity contribution < 1.29 is 26.7 Å². The quantitative estimate of drug-likeness (QED) is 0.814. The van der Waals surface area contributed by atoms with Gasteiger partial charge in [0.25, 0.3) is 0 Å². The van der Waals surface area contributed by atoms with Gasteiger partial charge >= 0.3 is 18.0 Å². The van der Waals surface area contributed by atoms with Gasteiger partial charge in [-0.25, -0.2) is 0 Å². The van der Waals surface area contributed by atoms with E-state index in [0.717, 1.165) is 0 Å². The monoisotopic (exact) mass is 345 g/mol. The molecule has 1 unspecified atom stereocenters. The third kappa shape index (κ3) is 3.26. The SMILES string of the molecule is O=C(NC1CCSc2ccc(Cl)cc21)C(F)(F)C(F)(F)F. The minimum atomic E-state index is -5.92. The molecule has 0 aliphatic carbocycles. The van der Waals surface area contributed by atoms with E-state index in [1.54, 1.807) is 17.4 Å². The standard InChI is InChI=1S/C12H9ClF5NOS/c13-6-1-2-9-7(5-6)8(3-4-21-9)19-10(20)11(14,15)12(16,17)18/h1-2,5,8H,3-4H2,(H,19,20). The number of nitrogens with one attached hydrogen (secondary N) is 1. The third-order valence-electron chi connectivity index (χ3n) is 2.96. The summed E-state index contributed by atoms with van der Waals surface area (Å²) in [4.78, 5) is 12.0. The molecule has 1 heterocycles. The van der Waals surface area contributed by atoms with Gasteiger partial charge in [0, 0.05) is 15.7 Å². The summed E-state index contributed by atoms with van der Waals surface area (Å²) in [5.74, 6) is -7.27. The van der Waals surface area contributed by atoms with Crippen LogP contribution in [0.15, 0.2) is 23.1 Å². The highest BCUT2D eigenvalue weighted by atomic mass is 35.5. The molecule has 1 amide bonds. The molecule has 1 aromatic rings. The second kappa shape index (κ2) is 5.64. The summed E-state index contributed by atoms with van der Waals surface area (Å²) in [5.41, 5.74) is 0.449. The van der Waals surface area contributed by atoms with Gasteiger partial charge in [0.1, 0.15) is 0 Å². The van der Waals surface area contributed by atoms with Gasteiger partial charge in [-0.2, -0.15) is 22.0 Å². The Kier molecular flexibility index (Phi) is 4.39. The average molecular weight is 346 g/mol. The van der Waals surface area contributed by atoms with Crippen molar-refractivity contribution in [1.29, 1.82) is 0 Å². The van der Waals surface area contributed by atoms with Crippen molar-refractivity contribution in [3.63, 3.8) is 0 Å². The Bertz CT molecular complexity index is 563. The number of amides is 1. The maximum atomic E-state index is 13.0. The first-order valence-electron chi connectivity index (χ1n) is 5.80. The molecule has 0 aromatic heterocycles. The zero-order chi connectivity index (χ0) is 15.8. The van der Waals surface area contributed by atoms with Crippen LogP contribution in [-0.2, 0) is 4.79 Å². The van der Waals surface area contributed by atoms with E-state index in [9.17, 15) is 26.7 Å². The Labute approximate surface area is 126 Å². The van der Waals surface area contributed by atoms with Crippen molar-refractivity contribution in [1.82, 2.24) is 5.32 Å². The molecule has 0 saturated carbocycles. The third-order valence-corrected chi connectivity index (χ3v) is 4.32. The molecule has 1 aliphatic heterocycles. The molecule has 0 fully saturated rings. The smallest absolute Gasteiger partial charge is 0.344 e. The van der Waals surface area contributed by atoms with Gasteiger partial charge in [-0.15, -0.1) is 11.8 Å². The Balaban J connectivity index is 2.23. The van der Waals surface area contributed by atoms with Crippen LogP contribution in [0.25, 0.3) is 0 Å². The molecule has 0 spiro atoms. The maximum absolute atomic E-state index is 13.0. The Hall–Kier alpha value is -1.02. The van der Waals surface area contributed by atoms with E-state index in [1.807, 2.05) is 0 Å². The van der Waals surface area contributed by atoms with Gasteiger partial charge in [0.05, 0.1) is 6.04 Å². The van der Waals surface area contributed by atoms with Crippen LogP contribution < -0.4 is 5.32 Å². The summed E-state index contributed by atoms with van der Waals surface area (Å²) in [6, 6.07) is 3.77. The fourth-order valence-corrected chi connectivity index (χ4v) is 3.18. The van der Waals surface area contributed by atoms with Crippen molar-refractivity contribution in [2.24, 2.45) is 0 Å². The van der Waals surface area contributed by atoms with Gasteiger partial charge in [-0.3, -0.25) is 4.79 Å². The summed E-state index contributed by atoms with van der Waals surface area (Å²) >= 11 is 7.21. The van der Waals surface area contributed by atoms with Crippen LogP contribution in [-0.4, -0.2) is 23.8 Å². The number of halogens is 6. The topological polar surface area (TPSA) is 29.1 Å². The number of benzene rings is 1. The van der Waals surface area contributed by atoms with Crippen molar-refractivity contribution in [3.8, 4) is 0 Å². The Morgan fingerprint density at radius 1 is 1.29 bits per heavy atom. The molecule has 0 radical (unpaired) electrons. The highest BCUT2D eigenvalue weighted by molar-refractivity contribution is 7.99. The molecule has 1 aliphatic rings. The molecule has 1 N–H and O–H groups in total. The highest BCUT2D eigenvalue weighted by Gasteiger charge is 2.63. The lowest BCUT2D eigenvalue weighted by Crippen LogP contribution is -2.51. The molecule has 9 heteroatoms. The largest absolute Gasteiger partial charge is 0.463 e. The normalized spacial score (nSPS) is 19.0. The van der Waals surface area contributed by atoms with Crippen LogP contribution >= 0.6 is 23.4 Å². The van der Waals surface area contributed by atoms with Crippen molar-refractivity contribution in [3.05, 3.63) is 28.8 Å². The number of hydrogen-bond donors (Lipinski definition) is 1. The van der Waals surface area contributed by atoms with Crippen LogP contribution in [0.1, 0.15) is 18.0 Å². The van der Waals surface area contributed by atoms with Crippen LogP contribution in [0, 0.1) is 0 Å². The highest BCUT2D eigenvalue weighted by Crippen LogP contribution is 2.40. The summed E-state index contributed by atoms with van der Waals surface area (Å²) in [6.45, 7) is 0. The maximum Gasteiger partial charge on any atom is 0.463 e. The van der Waals surface area contributed by atoms with Gasteiger partial charge in [0.2, 0.25) is 0 Å². The lowest BCUT2D eigenvalue weighted by atomic mass is 10.0. The van der Waals surface area contributed by atoms with Crippen LogP contribution in [0.4, 0.5) is 22.0 Å². The van der Waals surface area contributed by atoms with Crippen molar-refractivity contribution in [2.75, 3.05) is 5.75 Å².